The summed E-state index contributed by atoms with van der Waals surface area (Å²) in [6.07, 6.45) is 2.81. The summed E-state index contributed by atoms with van der Waals surface area (Å²) in [6.45, 7) is 4.09. The van der Waals surface area contributed by atoms with E-state index in [9.17, 15) is 8.78 Å². The molecule has 1 atom stereocenters. The van der Waals surface area contributed by atoms with E-state index in [1.165, 1.54) is 11.3 Å². The lowest BCUT2D eigenvalue weighted by Crippen LogP contribution is -2.25. The quantitative estimate of drug-likeness (QED) is 0.559. The highest BCUT2D eigenvalue weighted by atomic mass is 19.3. The second kappa shape index (κ2) is 7.11. The third-order valence-electron chi connectivity index (χ3n) is 6.44. The molecule has 156 valence electrons. The molecule has 0 unspecified atom stereocenters. The van der Waals surface area contributed by atoms with E-state index in [2.05, 4.69) is 47.1 Å². The van der Waals surface area contributed by atoms with Crippen LogP contribution in [0.15, 0.2) is 42.7 Å². The maximum atomic E-state index is 14.0. The van der Waals surface area contributed by atoms with Crippen LogP contribution in [0.4, 0.5) is 25.8 Å². The molecule has 0 radical (unpaired) electrons. The van der Waals surface area contributed by atoms with Crippen molar-refractivity contribution in [3.05, 3.63) is 59.4 Å². The summed E-state index contributed by atoms with van der Waals surface area (Å²) in [4.78, 5) is 4.49. The van der Waals surface area contributed by atoms with Crippen molar-refractivity contribution >= 4 is 17.1 Å². The molecule has 0 bridgehead atoms. The zero-order valence-electron chi connectivity index (χ0n) is 17.6. The van der Waals surface area contributed by atoms with Gasteiger partial charge < -0.3 is 9.80 Å². The Morgan fingerprint density at radius 3 is 2.67 bits per heavy atom. The third-order valence-corrected chi connectivity index (χ3v) is 6.44. The average molecular weight is 408 g/mol. The van der Waals surface area contributed by atoms with Crippen LogP contribution in [0, 0.1) is 0 Å². The van der Waals surface area contributed by atoms with Crippen molar-refractivity contribution in [2.24, 2.45) is 7.05 Å². The van der Waals surface area contributed by atoms with Gasteiger partial charge in [0.05, 0.1) is 6.20 Å². The van der Waals surface area contributed by atoms with E-state index < -0.39 is 6.43 Å². The average Bonchev–Trinajstić information content (AvgIpc) is 3.29. The van der Waals surface area contributed by atoms with Gasteiger partial charge in [-0.3, -0.25) is 4.68 Å². The number of likely N-dealkylation sites (N-methyl/N-ethyl adjacent to an activating group) is 1. The van der Waals surface area contributed by atoms with Crippen molar-refractivity contribution in [3.63, 3.8) is 0 Å². The highest BCUT2D eigenvalue weighted by molar-refractivity contribution is 5.78. The fourth-order valence-electron chi connectivity index (χ4n) is 4.96. The standard InChI is InChI=1S/C24H26F2N4/c1-15-13-28(2)23-10-18(6-7-19(15)23)30-8-4-5-16-9-20(17-12-27-29(3)14-17)21(24(25)26)11-22(16)30/h6-7,9-12,14-15,24H,4-5,8,13H2,1-3H3/t15-/m1/s1. The maximum absolute atomic E-state index is 14.0. The molecule has 0 aliphatic carbocycles. The summed E-state index contributed by atoms with van der Waals surface area (Å²) in [5.74, 6) is 0.514. The minimum atomic E-state index is -2.54. The molecule has 0 N–H and O–H groups in total. The van der Waals surface area contributed by atoms with Crippen molar-refractivity contribution in [1.29, 1.82) is 0 Å². The van der Waals surface area contributed by atoms with Crippen molar-refractivity contribution in [3.8, 4) is 11.1 Å². The zero-order chi connectivity index (χ0) is 21.0. The number of halogens is 2. The Morgan fingerprint density at radius 1 is 1.10 bits per heavy atom. The Hall–Kier alpha value is -2.89. The summed E-state index contributed by atoms with van der Waals surface area (Å²) >= 11 is 0. The number of fused-ring (bicyclic) bond motifs is 2. The first-order valence-corrected chi connectivity index (χ1v) is 10.5. The Kier molecular flexibility index (Phi) is 4.53. The molecule has 1 aromatic heterocycles. The van der Waals surface area contributed by atoms with Crippen molar-refractivity contribution in [2.75, 3.05) is 29.9 Å². The van der Waals surface area contributed by atoms with Gasteiger partial charge in [0, 0.05) is 67.5 Å². The normalized spacial score (nSPS) is 18.1. The van der Waals surface area contributed by atoms with E-state index in [1.807, 2.05) is 6.07 Å². The number of hydrogen-bond acceptors (Lipinski definition) is 3. The molecule has 0 spiro atoms. The van der Waals surface area contributed by atoms with Gasteiger partial charge in [0.2, 0.25) is 0 Å². The summed E-state index contributed by atoms with van der Waals surface area (Å²) in [5.41, 5.74) is 7.09. The van der Waals surface area contributed by atoms with Crippen molar-refractivity contribution in [2.45, 2.75) is 32.1 Å². The molecule has 2 aliphatic rings. The number of benzene rings is 2. The maximum Gasteiger partial charge on any atom is 0.264 e. The molecule has 0 saturated heterocycles. The molecule has 30 heavy (non-hydrogen) atoms. The van der Waals surface area contributed by atoms with Crippen LogP contribution in [0.25, 0.3) is 11.1 Å². The van der Waals surface area contributed by atoms with E-state index in [0.29, 0.717) is 11.5 Å². The molecular weight excluding hydrogens is 382 g/mol. The first-order valence-electron chi connectivity index (χ1n) is 10.5. The second-order valence-corrected chi connectivity index (χ2v) is 8.55. The van der Waals surface area contributed by atoms with Crippen LogP contribution in [0.1, 0.15) is 42.4 Å². The van der Waals surface area contributed by atoms with Gasteiger partial charge in [-0.2, -0.15) is 5.10 Å². The van der Waals surface area contributed by atoms with Crippen LogP contribution < -0.4 is 9.80 Å². The van der Waals surface area contributed by atoms with Crippen molar-refractivity contribution in [1.82, 2.24) is 9.78 Å². The Balaban J connectivity index is 1.61. The van der Waals surface area contributed by atoms with Gasteiger partial charge in [0.25, 0.3) is 6.43 Å². The van der Waals surface area contributed by atoms with E-state index in [1.54, 1.807) is 30.2 Å². The van der Waals surface area contributed by atoms with E-state index in [-0.39, 0.29) is 5.56 Å². The highest BCUT2D eigenvalue weighted by Gasteiger charge is 2.27. The largest absolute Gasteiger partial charge is 0.374 e. The summed E-state index contributed by atoms with van der Waals surface area (Å²) in [5, 5.41) is 4.17. The van der Waals surface area contributed by atoms with Crippen LogP contribution in [0.2, 0.25) is 0 Å². The molecule has 0 amide bonds. The van der Waals surface area contributed by atoms with Gasteiger partial charge >= 0.3 is 0 Å². The molecule has 6 heteroatoms. The molecular formula is C24H26F2N4. The number of rotatable bonds is 3. The van der Waals surface area contributed by atoms with Gasteiger partial charge in [0.1, 0.15) is 0 Å². The molecule has 0 fully saturated rings. The molecule has 2 aliphatic heterocycles. The molecule has 3 aromatic rings. The Bertz CT molecular complexity index is 1100. The predicted molar refractivity (Wildman–Crippen MR) is 117 cm³/mol. The number of alkyl halides is 2. The first kappa shape index (κ1) is 19.1. The van der Waals surface area contributed by atoms with Crippen LogP contribution in [0.5, 0.6) is 0 Å². The first-order chi connectivity index (χ1) is 14.4. The number of nitrogens with zero attached hydrogens (tertiary/aromatic N) is 4. The second-order valence-electron chi connectivity index (χ2n) is 8.55. The number of anilines is 3. The summed E-state index contributed by atoms with van der Waals surface area (Å²) in [7, 11) is 3.92. The lowest BCUT2D eigenvalue weighted by Gasteiger charge is -2.33. The van der Waals surface area contributed by atoms with E-state index >= 15 is 0 Å². The minimum absolute atomic E-state index is 0.0700. The zero-order valence-corrected chi connectivity index (χ0v) is 17.6. The van der Waals surface area contributed by atoms with Crippen LogP contribution in [-0.2, 0) is 13.5 Å². The predicted octanol–water partition coefficient (Wildman–Crippen LogP) is 5.66. The van der Waals surface area contributed by atoms with Crippen molar-refractivity contribution < 1.29 is 8.78 Å². The monoisotopic (exact) mass is 408 g/mol. The minimum Gasteiger partial charge on any atom is -0.374 e. The van der Waals surface area contributed by atoms with Crippen LogP contribution in [-0.4, -0.2) is 29.9 Å². The molecule has 0 saturated carbocycles. The summed E-state index contributed by atoms with van der Waals surface area (Å²) in [6, 6.07) is 10.2. The van der Waals surface area contributed by atoms with E-state index in [0.717, 1.165) is 48.4 Å². The third kappa shape index (κ3) is 3.06. The number of aromatic nitrogens is 2. The van der Waals surface area contributed by atoms with Gasteiger partial charge in [-0.15, -0.1) is 0 Å². The van der Waals surface area contributed by atoms with Crippen LogP contribution in [0.3, 0.4) is 0 Å². The Labute approximate surface area is 175 Å². The van der Waals surface area contributed by atoms with Gasteiger partial charge in [-0.25, -0.2) is 8.78 Å². The lowest BCUT2D eigenvalue weighted by atomic mass is 9.92. The molecule has 5 rings (SSSR count). The lowest BCUT2D eigenvalue weighted by molar-refractivity contribution is 0.152. The molecule has 3 heterocycles. The van der Waals surface area contributed by atoms with Crippen LogP contribution >= 0.6 is 0 Å². The van der Waals surface area contributed by atoms with Gasteiger partial charge in [0.15, 0.2) is 0 Å². The van der Waals surface area contributed by atoms with Gasteiger partial charge in [-0.1, -0.05) is 13.0 Å². The molecule has 2 aromatic carbocycles. The fourth-order valence-corrected chi connectivity index (χ4v) is 4.96. The fraction of sp³-hybridized carbons (Fsp3) is 0.375. The summed E-state index contributed by atoms with van der Waals surface area (Å²) < 4.78 is 29.7. The van der Waals surface area contributed by atoms with E-state index in [4.69, 9.17) is 0 Å². The smallest absolute Gasteiger partial charge is 0.264 e. The topological polar surface area (TPSA) is 24.3 Å². The SMILES string of the molecule is C[C@@H]1CN(C)c2cc(N3CCCc4cc(-c5cnn(C)c5)c(C(F)F)cc43)ccc21. The highest BCUT2D eigenvalue weighted by Crippen LogP contribution is 2.43. The number of aryl methyl sites for hydroxylation is 2. The Morgan fingerprint density at radius 2 is 1.93 bits per heavy atom. The van der Waals surface area contributed by atoms with Gasteiger partial charge in [-0.05, 0) is 53.8 Å². The molecule has 4 nitrogen and oxygen atoms in total. The number of hydrogen-bond donors (Lipinski definition) is 0.